The fourth-order valence-corrected chi connectivity index (χ4v) is 2.62. The molecule has 1 heterocycles. The Labute approximate surface area is 142 Å². The number of hydrogen-bond acceptors (Lipinski definition) is 4. The van der Waals surface area contributed by atoms with Crippen LogP contribution in [0.3, 0.4) is 0 Å². The van der Waals surface area contributed by atoms with Crippen LogP contribution in [0, 0.1) is 5.92 Å². The zero-order valence-electron chi connectivity index (χ0n) is 14.2. The van der Waals surface area contributed by atoms with E-state index in [1.54, 1.807) is 24.3 Å². The molecular formula is C17H25N3O4. The first-order valence-electron chi connectivity index (χ1n) is 8.17. The minimum atomic E-state index is -0.555. The van der Waals surface area contributed by atoms with Gasteiger partial charge in [0, 0.05) is 31.6 Å². The van der Waals surface area contributed by atoms with Gasteiger partial charge in [0.05, 0.1) is 6.61 Å². The van der Waals surface area contributed by atoms with Crippen molar-refractivity contribution in [3.63, 3.8) is 0 Å². The lowest BCUT2D eigenvalue weighted by Gasteiger charge is -2.30. The van der Waals surface area contributed by atoms with E-state index in [9.17, 15) is 9.59 Å². The predicted octanol–water partition coefficient (Wildman–Crippen LogP) is 3.15. The first-order valence-corrected chi connectivity index (χ1v) is 8.17. The molecule has 0 aromatic heterocycles. The second kappa shape index (κ2) is 9.12. The molecule has 1 saturated heterocycles. The van der Waals surface area contributed by atoms with Crippen molar-refractivity contribution in [1.82, 2.24) is 4.90 Å². The standard InChI is InChI=1S/C17H25N3O4/c1-13-5-4-8-20(12-13)16(21)18-14-6-3-7-15(11-14)19-17(22)24-10-9-23-2/h3,6-7,11,13H,4-5,8-10,12H2,1-2H3,(H,18,21)(H,19,22)/t13-/m0/s1. The van der Waals surface area contributed by atoms with Crippen LogP contribution in [0.5, 0.6) is 0 Å². The fourth-order valence-electron chi connectivity index (χ4n) is 2.62. The fraction of sp³-hybridized carbons (Fsp3) is 0.529. The highest BCUT2D eigenvalue weighted by atomic mass is 16.6. The summed E-state index contributed by atoms with van der Waals surface area (Å²) in [5, 5.41) is 5.49. The number of methoxy groups -OCH3 is 1. The smallest absolute Gasteiger partial charge is 0.411 e. The number of urea groups is 1. The van der Waals surface area contributed by atoms with Crippen LogP contribution in [0.25, 0.3) is 0 Å². The number of hydrogen-bond donors (Lipinski definition) is 2. The van der Waals surface area contributed by atoms with E-state index >= 15 is 0 Å². The highest BCUT2D eigenvalue weighted by molar-refractivity contribution is 5.91. The molecule has 0 radical (unpaired) electrons. The summed E-state index contributed by atoms with van der Waals surface area (Å²) in [7, 11) is 1.54. The van der Waals surface area contributed by atoms with Crippen molar-refractivity contribution >= 4 is 23.5 Å². The van der Waals surface area contributed by atoms with Crippen LogP contribution in [0.2, 0.25) is 0 Å². The number of carbonyl (C=O) groups is 2. The number of benzene rings is 1. The maximum absolute atomic E-state index is 12.3. The minimum Gasteiger partial charge on any atom is -0.447 e. The number of anilines is 2. The molecular weight excluding hydrogens is 310 g/mol. The Hall–Kier alpha value is -2.28. The summed E-state index contributed by atoms with van der Waals surface area (Å²) >= 11 is 0. The van der Waals surface area contributed by atoms with Gasteiger partial charge in [0.25, 0.3) is 0 Å². The lowest BCUT2D eigenvalue weighted by molar-refractivity contribution is 0.107. The second-order valence-electron chi connectivity index (χ2n) is 5.96. The van der Waals surface area contributed by atoms with E-state index in [4.69, 9.17) is 9.47 Å². The van der Waals surface area contributed by atoms with Crippen LogP contribution in [0.1, 0.15) is 19.8 Å². The van der Waals surface area contributed by atoms with Crippen LogP contribution in [-0.2, 0) is 9.47 Å². The minimum absolute atomic E-state index is 0.110. The molecule has 2 N–H and O–H groups in total. The summed E-state index contributed by atoms with van der Waals surface area (Å²) in [6, 6.07) is 6.87. The molecule has 132 valence electrons. The molecule has 0 unspecified atom stereocenters. The van der Waals surface area contributed by atoms with Crippen LogP contribution in [0.4, 0.5) is 21.0 Å². The number of ether oxygens (including phenoxy) is 2. The Kier molecular flexibility index (Phi) is 6.87. The Balaban J connectivity index is 1.87. The molecule has 0 aliphatic carbocycles. The second-order valence-corrected chi connectivity index (χ2v) is 5.96. The van der Waals surface area contributed by atoms with Gasteiger partial charge in [-0.3, -0.25) is 5.32 Å². The van der Waals surface area contributed by atoms with E-state index in [1.165, 1.54) is 7.11 Å². The number of nitrogens with one attached hydrogen (secondary N) is 2. The molecule has 7 nitrogen and oxygen atoms in total. The largest absolute Gasteiger partial charge is 0.447 e. The molecule has 0 saturated carbocycles. The molecule has 24 heavy (non-hydrogen) atoms. The highest BCUT2D eigenvalue weighted by Gasteiger charge is 2.20. The third-order valence-electron chi connectivity index (χ3n) is 3.83. The number of piperidine rings is 1. The van der Waals surface area contributed by atoms with E-state index in [0.717, 1.165) is 25.9 Å². The monoisotopic (exact) mass is 335 g/mol. The van der Waals surface area contributed by atoms with Crippen molar-refractivity contribution in [2.75, 3.05) is 44.0 Å². The normalized spacial score (nSPS) is 17.2. The van der Waals surface area contributed by atoms with Crippen LogP contribution in [0.15, 0.2) is 24.3 Å². The van der Waals surface area contributed by atoms with E-state index in [2.05, 4.69) is 17.6 Å². The molecule has 7 heteroatoms. The maximum atomic E-state index is 12.3. The van der Waals surface area contributed by atoms with Crippen LogP contribution >= 0.6 is 0 Å². The third-order valence-corrected chi connectivity index (χ3v) is 3.83. The highest BCUT2D eigenvalue weighted by Crippen LogP contribution is 2.19. The molecule has 1 aromatic rings. The average molecular weight is 335 g/mol. The summed E-state index contributed by atoms with van der Waals surface area (Å²) in [6.45, 7) is 4.23. The van der Waals surface area contributed by atoms with Gasteiger partial charge in [-0.05, 0) is 37.0 Å². The van der Waals surface area contributed by atoms with Crippen molar-refractivity contribution in [2.45, 2.75) is 19.8 Å². The van der Waals surface area contributed by atoms with Gasteiger partial charge in [-0.2, -0.15) is 0 Å². The molecule has 0 spiro atoms. The molecule has 1 aromatic carbocycles. The third kappa shape index (κ3) is 5.73. The number of nitrogens with zero attached hydrogens (tertiary/aromatic N) is 1. The molecule has 2 rings (SSSR count). The van der Waals surface area contributed by atoms with E-state index in [1.807, 2.05) is 4.90 Å². The van der Waals surface area contributed by atoms with Gasteiger partial charge in [-0.25, -0.2) is 9.59 Å². The SMILES string of the molecule is COCCOC(=O)Nc1cccc(NC(=O)N2CCC[C@H](C)C2)c1. The van der Waals surface area contributed by atoms with E-state index < -0.39 is 6.09 Å². The van der Waals surface area contributed by atoms with Gasteiger partial charge in [0.15, 0.2) is 0 Å². The molecule has 1 aliphatic heterocycles. The summed E-state index contributed by atoms with van der Waals surface area (Å²) in [6.07, 6.45) is 1.64. The van der Waals surface area contributed by atoms with Crippen molar-refractivity contribution in [2.24, 2.45) is 5.92 Å². The van der Waals surface area contributed by atoms with Crippen molar-refractivity contribution in [1.29, 1.82) is 0 Å². The first-order chi connectivity index (χ1) is 11.6. The Morgan fingerprint density at radius 1 is 1.25 bits per heavy atom. The van der Waals surface area contributed by atoms with E-state index in [-0.39, 0.29) is 12.6 Å². The number of rotatable bonds is 5. The maximum Gasteiger partial charge on any atom is 0.411 e. The average Bonchev–Trinajstić information content (AvgIpc) is 2.55. The predicted molar refractivity (Wildman–Crippen MR) is 92.3 cm³/mol. The Morgan fingerprint density at radius 3 is 2.71 bits per heavy atom. The number of amides is 3. The van der Waals surface area contributed by atoms with Gasteiger partial charge < -0.3 is 19.7 Å². The summed E-state index contributed by atoms with van der Waals surface area (Å²) in [4.78, 5) is 25.8. The number of likely N-dealkylation sites (tertiary alicyclic amines) is 1. The van der Waals surface area contributed by atoms with Crippen LogP contribution in [-0.4, -0.2) is 50.4 Å². The van der Waals surface area contributed by atoms with Gasteiger partial charge in [0.1, 0.15) is 6.61 Å². The molecule has 1 aliphatic rings. The molecule has 1 atom stereocenters. The summed E-state index contributed by atoms with van der Waals surface area (Å²) in [5.41, 5.74) is 1.19. The van der Waals surface area contributed by atoms with Gasteiger partial charge in [-0.15, -0.1) is 0 Å². The lowest BCUT2D eigenvalue weighted by atomic mass is 10.0. The zero-order valence-corrected chi connectivity index (χ0v) is 14.2. The summed E-state index contributed by atoms with van der Waals surface area (Å²) in [5.74, 6) is 0.527. The van der Waals surface area contributed by atoms with Gasteiger partial charge >= 0.3 is 12.1 Å². The molecule has 3 amide bonds. The van der Waals surface area contributed by atoms with Crippen molar-refractivity contribution < 1.29 is 19.1 Å². The van der Waals surface area contributed by atoms with Crippen molar-refractivity contribution in [3.8, 4) is 0 Å². The lowest BCUT2D eigenvalue weighted by Crippen LogP contribution is -2.41. The zero-order chi connectivity index (χ0) is 17.4. The van der Waals surface area contributed by atoms with Crippen molar-refractivity contribution in [3.05, 3.63) is 24.3 Å². The van der Waals surface area contributed by atoms with Gasteiger partial charge in [-0.1, -0.05) is 13.0 Å². The summed E-state index contributed by atoms with van der Waals surface area (Å²) < 4.78 is 9.76. The number of carbonyl (C=O) groups excluding carboxylic acids is 2. The Morgan fingerprint density at radius 2 is 2.00 bits per heavy atom. The van der Waals surface area contributed by atoms with Crippen LogP contribution < -0.4 is 10.6 Å². The van der Waals surface area contributed by atoms with Gasteiger partial charge in [0.2, 0.25) is 0 Å². The van der Waals surface area contributed by atoms with E-state index in [0.29, 0.717) is 23.9 Å². The quantitative estimate of drug-likeness (QED) is 0.810. The topological polar surface area (TPSA) is 79.9 Å². The first kappa shape index (κ1) is 18.1. The molecule has 1 fully saturated rings. The Bertz CT molecular complexity index is 565. The molecule has 0 bridgehead atoms.